The number of anilines is 2. The molecule has 2 aromatic rings. The minimum atomic E-state index is 0.0114. The van der Waals surface area contributed by atoms with Gasteiger partial charge in [0, 0.05) is 32.4 Å². The van der Waals surface area contributed by atoms with Crippen molar-refractivity contribution in [3.8, 4) is 0 Å². The van der Waals surface area contributed by atoms with Crippen LogP contribution < -0.4 is 10.6 Å². The maximum atomic E-state index is 12.4. The van der Waals surface area contributed by atoms with Gasteiger partial charge in [-0.05, 0) is 17.5 Å². The van der Waals surface area contributed by atoms with Gasteiger partial charge in [0.05, 0.1) is 22.6 Å². The fourth-order valence-corrected chi connectivity index (χ4v) is 3.53. The van der Waals surface area contributed by atoms with E-state index in [-0.39, 0.29) is 5.91 Å². The Hall–Kier alpha value is -1.79. The van der Waals surface area contributed by atoms with Crippen molar-refractivity contribution in [1.82, 2.24) is 9.88 Å². The van der Waals surface area contributed by atoms with Crippen LogP contribution in [0.1, 0.15) is 9.67 Å². The van der Waals surface area contributed by atoms with Gasteiger partial charge in [-0.15, -0.1) is 11.3 Å². The van der Waals surface area contributed by atoms with Crippen LogP contribution in [-0.4, -0.2) is 42.0 Å². The minimum Gasteiger partial charge on any atom is -0.396 e. The number of nitrogens with zero attached hydrogens (tertiary/aromatic N) is 3. The highest BCUT2D eigenvalue weighted by atomic mass is 35.5. The number of nitrogens with two attached hydrogens (primary N) is 1. The second kappa shape index (κ2) is 5.91. The molecule has 2 aromatic heterocycles. The third kappa shape index (κ3) is 2.82. The molecule has 0 unspecified atom stereocenters. The molecule has 0 bridgehead atoms. The number of carbonyl (C=O) groups excluding carboxylic acids is 1. The van der Waals surface area contributed by atoms with Crippen molar-refractivity contribution in [2.45, 2.75) is 0 Å². The van der Waals surface area contributed by atoms with Crippen molar-refractivity contribution in [2.75, 3.05) is 36.8 Å². The highest BCUT2D eigenvalue weighted by Gasteiger charge is 2.25. The van der Waals surface area contributed by atoms with Gasteiger partial charge in [-0.1, -0.05) is 11.6 Å². The number of carbonyl (C=O) groups is 1. The van der Waals surface area contributed by atoms with E-state index in [4.69, 9.17) is 17.3 Å². The normalized spacial score (nSPS) is 15.3. The summed E-state index contributed by atoms with van der Waals surface area (Å²) in [5.74, 6) is 0.0114. The van der Waals surface area contributed by atoms with Crippen molar-refractivity contribution in [2.24, 2.45) is 0 Å². The monoisotopic (exact) mass is 322 g/mol. The van der Waals surface area contributed by atoms with Gasteiger partial charge in [0.1, 0.15) is 4.88 Å². The third-order valence-corrected chi connectivity index (χ3v) is 4.88. The zero-order chi connectivity index (χ0) is 14.8. The number of amides is 1. The Morgan fingerprint density at radius 1 is 1.29 bits per heavy atom. The first kappa shape index (κ1) is 14.2. The number of pyridine rings is 1. The van der Waals surface area contributed by atoms with E-state index in [0.717, 1.165) is 18.8 Å². The molecule has 2 N–H and O–H groups in total. The molecule has 1 saturated heterocycles. The number of hydrogen-bond donors (Lipinski definition) is 1. The standard InChI is InChI=1S/C14H15ClN4OS/c15-10-2-8-21-13(10)14(20)19-6-4-18(5-7-19)12-1-3-17-9-11(12)16/h1-3,8-9H,4-7,16H2. The van der Waals surface area contributed by atoms with E-state index in [1.54, 1.807) is 18.5 Å². The van der Waals surface area contributed by atoms with Crippen molar-refractivity contribution < 1.29 is 4.79 Å². The summed E-state index contributed by atoms with van der Waals surface area (Å²) in [6.45, 7) is 2.83. The third-order valence-electron chi connectivity index (χ3n) is 3.55. The minimum absolute atomic E-state index is 0.0114. The fraction of sp³-hybridized carbons (Fsp3) is 0.286. The average Bonchev–Trinajstić information content (AvgIpc) is 2.93. The van der Waals surface area contributed by atoms with Crippen LogP contribution in [0.5, 0.6) is 0 Å². The number of piperazine rings is 1. The number of rotatable bonds is 2. The second-order valence-corrected chi connectivity index (χ2v) is 6.13. The molecular weight excluding hydrogens is 308 g/mol. The van der Waals surface area contributed by atoms with Crippen LogP contribution in [0.25, 0.3) is 0 Å². The molecule has 3 rings (SSSR count). The van der Waals surface area contributed by atoms with Gasteiger partial charge in [-0.2, -0.15) is 0 Å². The van der Waals surface area contributed by atoms with E-state index in [9.17, 15) is 4.79 Å². The molecule has 21 heavy (non-hydrogen) atoms. The number of hydrogen-bond acceptors (Lipinski definition) is 5. The zero-order valence-corrected chi connectivity index (χ0v) is 12.9. The Bertz CT molecular complexity index is 652. The summed E-state index contributed by atoms with van der Waals surface area (Å²) in [4.78, 5) is 21.0. The lowest BCUT2D eigenvalue weighted by Crippen LogP contribution is -2.48. The average molecular weight is 323 g/mol. The Morgan fingerprint density at radius 2 is 2.05 bits per heavy atom. The molecule has 3 heterocycles. The summed E-state index contributed by atoms with van der Waals surface area (Å²) < 4.78 is 0. The maximum absolute atomic E-state index is 12.4. The topological polar surface area (TPSA) is 62.5 Å². The quantitative estimate of drug-likeness (QED) is 0.922. The predicted octanol–water partition coefficient (Wildman–Crippen LogP) is 2.34. The van der Waals surface area contributed by atoms with Crippen LogP contribution in [0.2, 0.25) is 5.02 Å². The Kier molecular flexibility index (Phi) is 3.98. The van der Waals surface area contributed by atoms with Gasteiger partial charge in [0.15, 0.2) is 0 Å². The van der Waals surface area contributed by atoms with Gasteiger partial charge < -0.3 is 15.5 Å². The van der Waals surface area contributed by atoms with E-state index in [2.05, 4.69) is 9.88 Å². The second-order valence-electron chi connectivity index (χ2n) is 4.81. The van der Waals surface area contributed by atoms with E-state index in [1.165, 1.54) is 11.3 Å². The van der Waals surface area contributed by atoms with Crippen molar-refractivity contribution in [1.29, 1.82) is 0 Å². The van der Waals surface area contributed by atoms with Crippen LogP contribution >= 0.6 is 22.9 Å². The van der Waals surface area contributed by atoms with Crippen LogP contribution in [0, 0.1) is 0 Å². The van der Waals surface area contributed by atoms with Crippen LogP contribution in [0.15, 0.2) is 29.9 Å². The summed E-state index contributed by atoms with van der Waals surface area (Å²) in [5, 5.41) is 2.37. The van der Waals surface area contributed by atoms with Crippen molar-refractivity contribution in [3.63, 3.8) is 0 Å². The van der Waals surface area contributed by atoms with Gasteiger partial charge in [0.25, 0.3) is 5.91 Å². The molecule has 5 nitrogen and oxygen atoms in total. The van der Waals surface area contributed by atoms with Crippen LogP contribution in [0.4, 0.5) is 11.4 Å². The first-order valence-electron chi connectivity index (χ1n) is 6.63. The highest BCUT2D eigenvalue weighted by molar-refractivity contribution is 7.12. The molecule has 0 radical (unpaired) electrons. The molecule has 1 aliphatic heterocycles. The molecule has 0 aliphatic carbocycles. The highest BCUT2D eigenvalue weighted by Crippen LogP contribution is 2.26. The molecule has 1 aliphatic rings. The van der Waals surface area contributed by atoms with E-state index >= 15 is 0 Å². The maximum Gasteiger partial charge on any atom is 0.265 e. The zero-order valence-electron chi connectivity index (χ0n) is 11.3. The molecular formula is C14H15ClN4OS. The molecule has 0 spiro atoms. The van der Waals surface area contributed by atoms with E-state index in [0.29, 0.717) is 28.7 Å². The summed E-state index contributed by atoms with van der Waals surface area (Å²) >= 11 is 7.41. The molecule has 0 aromatic carbocycles. The predicted molar refractivity (Wildman–Crippen MR) is 86.1 cm³/mol. The molecule has 110 valence electrons. The molecule has 0 atom stereocenters. The first-order chi connectivity index (χ1) is 10.2. The Labute approximate surface area is 131 Å². The number of aromatic nitrogens is 1. The van der Waals surface area contributed by atoms with Gasteiger partial charge in [-0.25, -0.2) is 0 Å². The SMILES string of the molecule is Nc1cnccc1N1CCN(C(=O)c2sccc2Cl)CC1. The smallest absolute Gasteiger partial charge is 0.265 e. The van der Waals surface area contributed by atoms with Crippen LogP contribution in [-0.2, 0) is 0 Å². The number of halogens is 1. The Balaban J connectivity index is 1.67. The summed E-state index contributed by atoms with van der Waals surface area (Å²) in [7, 11) is 0. The van der Waals surface area contributed by atoms with Crippen molar-refractivity contribution >= 4 is 40.2 Å². The number of nitrogen functional groups attached to an aromatic ring is 1. The molecule has 1 amide bonds. The fourth-order valence-electron chi connectivity index (χ4n) is 2.43. The largest absolute Gasteiger partial charge is 0.396 e. The van der Waals surface area contributed by atoms with Gasteiger partial charge in [-0.3, -0.25) is 9.78 Å². The summed E-state index contributed by atoms with van der Waals surface area (Å²) in [5.41, 5.74) is 7.59. The van der Waals surface area contributed by atoms with Crippen LogP contribution in [0.3, 0.4) is 0 Å². The number of thiophene rings is 1. The summed E-state index contributed by atoms with van der Waals surface area (Å²) in [6, 6.07) is 3.66. The van der Waals surface area contributed by atoms with Gasteiger partial charge in [0.2, 0.25) is 0 Å². The lowest BCUT2D eigenvalue weighted by molar-refractivity contribution is 0.0752. The van der Waals surface area contributed by atoms with E-state index < -0.39 is 0 Å². The Morgan fingerprint density at radius 3 is 2.67 bits per heavy atom. The lowest BCUT2D eigenvalue weighted by Gasteiger charge is -2.36. The first-order valence-corrected chi connectivity index (χ1v) is 7.89. The van der Waals surface area contributed by atoms with E-state index in [1.807, 2.05) is 16.3 Å². The molecule has 7 heteroatoms. The molecule has 0 saturated carbocycles. The molecule has 1 fully saturated rings. The lowest BCUT2D eigenvalue weighted by atomic mass is 10.2. The van der Waals surface area contributed by atoms with Gasteiger partial charge >= 0.3 is 0 Å². The summed E-state index contributed by atoms with van der Waals surface area (Å²) in [6.07, 6.45) is 3.38. The van der Waals surface area contributed by atoms with Crippen molar-refractivity contribution in [3.05, 3.63) is 39.8 Å².